The number of rotatable bonds is 6. The standard InChI is InChI=1S/C17H25NO3S/c19-22(20,13-16-9-4-5-12-21-16)18-14-17(10-6-11-17)15-7-2-1-3-8-15/h1-3,7-8,16,18H,4-6,9-14H2. The molecule has 4 nitrogen and oxygen atoms in total. The molecule has 2 fully saturated rings. The summed E-state index contributed by atoms with van der Waals surface area (Å²) in [5.74, 6) is 0.0951. The maximum atomic E-state index is 12.3. The predicted molar refractivity (Wildman–Crippen MR) is 87.4 cm³/mol. The van der Waals surface area contributed by atoms with Crippen molar-refractivity contribution in [1.29, 1.82) is 0 Å². The van der Waals surface area contributed by atoms with Crippen LogP contribution in [0.2, 0.25) is 0 Å². The maximum Gasteiger partial charge on any atom is 0.214 e. The van der Waals surface area contributed by atoms with Crippen molar-refractivity contribution in [1.82, 2.24) is 4.72 Å². The van der Waals surface area contributed by atoms with Crippen molar-refractivity contribution < 1.29 is 13.2 Å². The van der Waals surface area contributed by atoms with Gasteiger partial charge in [-0.15, -0.1) is 0 Å². The van der Waals surface area contributed by atoms with Gasteiger partial charge in [-0.3, -0.25) is 0 Å². The Morgan fingerprint density at radius 1 is 1.14 bits per heavy atom. The van der Waals surface area contributed by atoms with Gasteiger partial charge < -0.3 is 4.74 Å². The van der Waals surface area contributed by atoms with Crippen molar-refractivity contribution in [3.05, 3.63) is 35.9 Å². The largest absolute Gasteiger partial charge is 0.377 e. The second-order valence-corrected chi connectivity index (χ2v) is 8.44. The molecule has 1 aromatic rings. The van der Waals surface area contributed by atoms with Crippen LogP contribution < -0.4 is 4.72 Å². The molecule has 1 heterocycles. The average molecular weight is 323 g/mol. The summed E-state index contributed by atoms with van der Waals surface area (Å²) >= 11 is 0. The van der Waals surface area contributed by atoms with Crippen LogP contribution in [0.15, 0.2) is 30.3 Å². The topological polar surface area (TPSA) is 55.4 Å². The van der Waals surface area contributed by atoms with E-state index < -0.39 is 10.0 Å². The van der Waals surface area contributed by atoms with Gasteiger partial charge in [0.05, 0.1) is 11.9 Å². The minimum atomic E-state index is -3.27. The number of sulfonamides is 1. The SMILES string of the molecule is O=S(=O)(CC1CCCCO1)NCC1(c2ccccc2)CCC1. The highest BCUT2D eigenvalue weighted by Crippen LogP contribution is 2.43. The van der Waals surface area contributed by atoms with Gasteiger partial charge in [-0.05, 0) is 37.7 Å². The van der Waals surface area contributed by atoms with Crippen molar-refractivity contribution in [3.8, 4) is 0 Å². The van der Waals surface area contributed by atoms with Crippen LogP contribution in [0.5, 0.6) is 0 Å². The molecule has 122 valence electrons. The van der Waals surface area contributed by atoms with E-state index in [1.807, 2.05) is 18.2 Å². The van der Waals surface area contributed by atoms with Crippen LogP contribution in [-0.2, 0) is 20.2 Å². The van der Waals surface area contributed by atoms with Gasteiger partial charge in [-0.2, -0.15) is 0 Å². The molecular formula is C17H25NO3S. The molecule has 1 aliphatic heterocycles. The van der Waals surface area contributed by atoms with E-state index in [2.05, 4.69) is 16.9 Å². The zero-order valence-electron chi connectivity index (χ0n) is 13.0. The van der Waals surface area contributed by atoms with Gasteiger partial charge in [0.1, 0.15) is 0 Å². The third-order valence-corrected chi connectivity index (χ3v) is 6.40. The molecule has 3 rings (SSSR count). The Balaban J connectivity index is 1.60. The van der Waals surface area contributed by atoms with Crippen LogP contribution in [-0.4, -0.2) is 33.4 Å². The lowest BCUT2D eigenvalue weighted by atomic mass is 9.64. The molecule has 5 heteroatoms. The molecule has 2 aliphatic rings. The summed E-state index contributed by atoms with van der Waals surface area (Å²) in [4.78, 5) is 0. The third kappa shape index (κ3) is 3.70. The zero-order chi connectivity index (χ0) is 15.5. The van der Waals surface area contributed by atoms with E-state index in [0.717, 1.165) is 32.1 Å². The molecule has 1 unspecified atom stereocenters. The van der Waals surface area contributed by atoms with Crippen molar-refractivity contribution in [2.24, 2.45) is 0 Å². The van der Waals surface area contributed by atoms with Gasteiger partial charge in [0.25, 0.3) is 0 Å². The van der Waals surface area contributed by atoms with E-state index >= 15 is 0 Å². The Kier molecular flexibility index (Phi) is 4.85. The molecule has 1 saturated carbocycles. The lowest BCUT2D eigenvalue weighted by Gasteiger charge is -2.42. The molecule has 1 saturated heterocycles. The first-order chi connectivity index (χ1) is 10.6. The zero-order valence-corrected chi connectivity index (χ0v) is 13.8. The first-order valence-electron chi connectivity index (χ1n) is 8.24. The van der Waals surface area contributed by atoms with E-state index in [-0.39, 0.29) is 17.3 Å². The second kappa shape index (κ2) is 6.69. The molecule has 1 atom stereocenters. The highest BCUT2D eigenvalue weighted by atomic mass is 32.2. The monoisotopic (exact) mass is 323 g/mol. The van der Waals surface area contributed by atoms with Gasteiger partial charge in [-0.1, -0.05) is 36.8 Å². The molecule has 1 aliphatic carbocycles. The Labute approximate surface area is 133 Å². The van der Waals surface area contributed by atoms with Gasteiger partial charge in [0.15, 0.2) is 0 Å². The first-order valence-corrected chi connectivity index (χ1v) is 9.89. The number of benzene rings is 1. The van der Waals surface area contributed by atoms with Crippen LogP contribution in [0.3, 0.4) is 0 Å². The normalized spacial score (nSPS) is 24.6. The molecule has 0 bridgehead atoms. The summed E-state index contributed by atoms with van der Waals surface area (Å²) in [6.07, 6.45) is 6.10. The highest BCUT2D eigenvalue weighted by molar-refractivity contribution is 7.89. The van der Waals surface area contributed by atoms with E-state index in [1.165, 1.54) is 12.0 Å². The van der Waals surface area contributed by atoms with E-state index in [0.29, 0.717) is 13.2 Å². The molecule has 1 aromatic carbocycles. The minimum absolute atomic E-state index is 0.0122. The molecule has 22 heavy (non-hydrogen) atoms. The van der Waals surface area contributed by atoms with Crippen LogP contribution in [0.4, 0.5) is 0 Å². The Morgan fingerprint density at radius 2 is 1.91 bits per heavy atom. The van der Waals surface area contributed by atoms with Gasteiger partial charge in [0, 0.05) is 18.6 Å². The Hall–Kier alpha value is -0.910. The summed E-state index contributed by atoms with van der Waals surface area (Å²) in [5, 5.41) is 0. The fourth-order valence-electron chi connectivity index (χ4n) is 3.45. The first kappa shape index (κ1) is 16.0. The van der Waals surface area contributed by atoms with E-state index in [9.17, 15) is 8.42 Å². The molecule has 0 radical (unpaired) electrons. The van der Waals surface area contributed by atoms with E-state index in [1.54, 1.807) is 0 Å². The minimum Gasteiger partial charge on any atom is -0.377 e. The summed E-state index contributed by atoms with van der Waals surface area (Å²) in [7, 11) is -3.27. The van der Waals surface area contributed by atoms with Gasteiger partial charge >= 0.3 is 0 Å². The summed E-state index contributed by atoms with van der Waals surface area (Å²) < 4.78 is 33.0. The third-order valence-electron chi connectivity index (χ3n) is 5.01. The van der Waals surface area contributed by atoms with Gasteiger partial charge in [-0.25, -0.2) is 13.1 Å². The molecular weight excluding hydrogens is 298 g/mol. The lowest BCUT2D eigenvalue weighted by Crippen LogP contribution is -2.47. The molecule has 1 N–H and O–H groups in total. The molecule has 0 spiro atoms. The van der Waals surface area contributed by atoms with Gasteiger partial charge in [0.2, 0.25) is 10.0 Å². The second-order valence-electron chi connectivity index (χ2n) is 6.59. The van der Waals surface area contributed by atoms with Crippen molar-refractivity contribution in [2.45, 2.75) is 50.0 Å². The fraction of sp³-hybridized carbons (Fsp3) is 0.647. The number of hydrogen-bond donors (Lipinski definition) is 1. The number of nitrogens with one attached hydrogen (secondary N) is 1. The Bertz CT molecular complexity index is 575. The average Bonchev–Trinajstić information content (AvgIpc) is 2.48. The molecule has 0 amide bonds. The number of ether oxygens (including phenoxy) is 1. The quantitative estimate of drug-likeness (QED) is 0.875. The van der Waals surface area contributed by atoms with Crippen molar-refractivity contribution in [3.63, 3.8) is 0 Å². The van der Waals surface area contributed by atoms with Crippen LogP contribution >= 0.6 is 0 Å². The van der Waals surface area contributed by atoms with Crippen molar-refractivity contribution >= 4 is 10.0 Å². The van der Waals surface area contributed by atoms with Crippen LogP contribution in [0.25, 0.3) is 0 Å². The van der Waals surface area contributed by atoms with Crippen molar-refractivity contribution in [2.75, 3.05) is 18.9 Å². The maximum absolute atomic E-state index is 12.3. The fourth-order valence-corrected chi connectivity index (χ4v) is 4.82. The predicted octanol–water partition coefficient (Wildman–Crippen LogP) is 2.60. The molecule has 0 aromatic heterocycles. The van der Waals surface area contributed by atoms with Crippen LogP contribution in [0, 0.1) is 0 Å². The smallest absolute Gasteiger partial charge is 0.214 e. The summed E-state index contributed by atoms with van der Waals surface area (Å²) in [6.45, 7) is 1.19. The van der Waals surface area contributed by atoms with Crippen LogP contribution in [0.1, 0.15) is 44.1 Å². The highest BCUT2D eigenvalue weighted by Gasteiger charge is 2.39. The lowest BCUT2D eigenvalue weighted by molar-refractivity contribution is 0.0303. The number of hydrogen-bond acceptors (Lipinski definition) is 3. The Morgan fingerprint density at radius 3 is 2.50 bits per heavy atom. The summed E-state index contributed by atoms with van der Waals surface area (Å²) in [6, 6.07) is 10.3. The summed E-state index contributed by atoms with van der Waals surface area (Å²) in [5.41, 5.74) is 1.24. The van der Waals surface area contributed by atoms with E-state index in [4.69, 9.17) is 4.74 Å².